The van der Waals surface area contributed by atoms with Crippen LogP contribution in [0.2, 0.25) is 0 Å². The summed E-state index contributed by atoms with van der Waals surface area (Å²) in [6, 6.07) is 9.83. The first-order valence-electron chi connectivity index (χ1n) is 9.88. The van der Waals surface area contributed by atoms with Crippen molar-refractivity contribution in [1.82, 2.24) is 19.7 Å². The molecule has 0 N–H and O–H groups in total. The van der Waals surface area contributed by atoms with Gasteiger partial charge in [0, 0.05) is 44.3 Å². The third-order valence-electron chi connectivity index (χ3n) is 6.18. The molecule has 1 aromatic heterocycles. The van der Waals surface area contributed by atoms with Gasteiger partial charge in [-0.25, -0.2) is 0 Å². The normalized spacial score (nSPS) is 26.2. The zero-order valence-electron chi connectivity index (χ0n) is 15.4. The Morgan fingerprint density at radius 1 is 0.963 bits per heavy atom. The predicted molar refractivity (Wildman–Crippen MR) is 102 cm³/mol. The average molecular weight is 364 g/mol. The van der Waals surface area contributed by atoms with Gasteiger partial charge in [0.2, 0.25) is 11.8 Å². The van der Waals surface area contributed by atoms with Crippen LogP contribution >= 0.6 is 0 Å². The molecular formula is C21H24N4O2. The SMILES string of the molecule is O=C1C2CN(Cc3ccc4cccnc4c3)CCN2C(=O)C2CCCCN12. The van der Waals surface area contributed by atoms with Crippen molar-refractivity contribution < 1.29 is 9.59 Å². The predicted octanol–water partition coefficient (Wildman–Crippen LogP) is 1.64. The minimum absolute atomic E-state index is 0.143. The van der Waals surface area contributed by atoms with Crippen LogP contribution in [0, 0.1) is 0 Å². The van der Waals surface area contributed by atoms with Crippen molar-refractivity contribution in [3.05, 3.63) is 42.1 Å². The highest BCUT2D eigenvalue weighted by molar-refractivity contribution is 5.97. The standard InChI is InChI=1S/C21H24N4O2/c26-20-18-5-1-2-9-24(18)21(27)19-14-23(10-11-25(19)20)13-15-6-7-16-4-3-8-22-17(16)12-15/h3-4,6-8,12,18-19H,1-2,5,9-11,13-14H2. The van der Waals surface area contributed by atoms with E-state index in [-0.39, 0.29) is 23.9 Å². The molecule has 2 unspecified atom stereocenters. The van der Waals surface area contributed by atoms with E-state index in [1.54, 1.807) is 0 Å². The van der Waals surface area contributed by atoms with E-state index in [9.17, 15) is 9.59 Å². The molecule has 0 aliphatic carbocycles. The summed E-state index contributed by atoms with van der Waals surface area (Å²) >= 11 is 0. The molecule has 3 fully saturated rings. The smallest absolute Gasteiger partial charge is 0.247 e. The van der Waals surface area contributed by atoms with Crippen molar-refractivity contribution in [2.45, 2.75) is 37.9 Å². The minimum Gasteiger partial charge on any atom is -0.329 e. The monoisotopic (exact) mass is 364 g/mol. The summed E-state index contributed by atoms with van der Waals surface area (Å²) in [5.41, 5.74) is 2.19. The van der Waals surface area contributed by atoms with Gasteiger partial charge in [-0.3, -0.25) is 19.5 Å². The van der Waals surface area contributed by atoms with E-state index >= 15 is 0 Å². The van der Waals surface area contributed by atoms with E-state index < -0.39 is 0 Å². The molecule has 2 amide bonds. The fourth-order valence-corrected chi connectivity index (χ4v) is 4.76. The number of amides is 2. The highest BCUT2D eigenvalue weighted by atomic mass is 16.2. The van der Waals surface area contributed by atoms with E-state index in [1.807, 2.05) is 22.1 Å². The van der Waals surface area contributed by atoms with E-state index in [2.05, 4.69) is 34.1 Å². The first-order chi connectivity index (χ1) is 13.2. The molecule has 27 heavy (non-hydrogen) atoms. The van der Waals surface area contributed by atoms with E-state index in [0.717, 1.165) is 49.8 Å². The molecule has 6 nitrogen and oxygen atoms in total. The Hall–Kier alpha value is -2.47. The zero-order valence-corrected chi connectivity index (χ0v) is 15.4. The van der Waals surface area contributed by atoms with Gasteiger partial charge in [-0.05, 0) is 37.0 Å². The van der Waals surface area contributed by atoms with Crippen LogP contribution in [0.25, 0.3) is 10.9 Å². The molecule has 0 spiro atoms. The lowest BCUT2D eigenvalue weighted by Gasteiger charge is -2.50. The third-order valence-corrected chi connectivity index (χ3v) is 6.18. The van der Waals surface area contributed by atoms with Gasteiger partial charge >= 0.3 is 0 Å². The van der Waals surface area contributed by atoms with Crippen molar-refractivity contribution in [3.8, 4) is 0 Å². The molecule has 3 saturated heterocycles. The molecule has 5 rings (SSSR count). The van der Waals surface area contributed by atoms with Crippen molar-refractivity contribution in [1.29, 1.82) is 0 Å². The summed E-state index contributed by atoms with van der Waals surface area (Å²) in [4.78, 5) is 36.3. The molecule has 0 bridgehead atoms. The molecule has 0 saturated carbocycles. The summed E-state index contributed by atoms with van der Waals surface area (Å²) in [7, 11) is 0. The van der Waals surface area contributed by atoms with Gasteiger partial charge in [-0.2, -0.15) is 0 Å². The maximum absolute atomic E-state index is 13.0. The number of pyridine rings is 1. The first-order valence-corrected chi connectivity index (χ1v) is 9.88. The van der Waals surface area contributed by atoms with Crippen molar-refractivity contribution in [3.63, 3.8) is 0 Å². The van der Waals surface area contributed by atoms with E-state index in [1.165, 1.54) is 5.56 Å². The maximum Gasteiger partial charge on any atom is 0.247 e. The van der Waals surface area contributed by atoms with Gasteiger partial charge in [0.15, 0.2) is 0 Å². The molecule has 140 valence electrons. The largest absolute Gasteiger partial charge is 0.329 e. The number of carbonyl (C=O) groups is 2. The fourth-order valence-electron chi connectivity index (χ4n) is 4.76. The topological polar surface area (TPSA) is 56.8 Å². The minimum atomic E-state index is -0.320. The lowest BCUT2D eigenvalue weighted by Crippen LogP contribution is -2.70. The van der Waals surface area contributed by atoms with Crippen LogP contribution < -0.4 is 0 Å². The van der Waals surface area contributed by atoms with Gasteiger partial charge in [0.1, 0.15) is 12.1 Å². The van der Waals surface area contributed by atoms with Crippen LogP contribution in [0.5, 0.6) is 0 Å². The number of hydrogen-bond acceptors (Lipinski definition) is 4. The maximum atomic E-state index is 13.0. The highest BCUT2D eigenvalue weighted by Gasteiger charge is 2.48. The molecule has 0 radical (unpaired) electrons. The third kappa shape index (κ3) is 2.88. The second-order valence-corrected chi connectivity index (χ2v) is 7.86. The van der Waals surface area contributed by atoms with Crippen LogP contribution in [0.4, 0.5) is 0 Å². The van der Waals surface area contributed by atoms with Crippen LogP contribution in [0.1, 0.15) is 24.8 Å². The Bertz CT molecular complexity index is 899. The Morgan fingerprint density at radius 3 is 2.74 bits per heavy atom. The summed E-state index contributed by atoms with van der Waals surface area (Å²) < 4.78 is 0. The molecule has 6 heteroatoms. The van der Waals surface area contributed by atoms with Crippen LogP contribution in [-0.2, 0) is 16.1 Å². The molecule has 1 aromatic carbocycles. The Morgan fingerprint density at radius 2 is 1.81 bits per heavy atom. The van der Waals surface area contributed by atoms with Crippen LogP contribution in [-0.4, -0.2) is 69.8 Å². The van der Waals surface area contributed by atoms with Gasteiger partial charge in [-0.1, -0.05) is 18.2 Å². The summed E-state index contributed by atoms with van der Waals surface area (Å²) in [6.45, 7) is 3.58. The molecule has 4 heterocycles. The highest BCUT2D eigenvalue weighted by Crippen LogP contribution is 2.28. The first kappa shape index (κ1) is 16.7. The zero-order chi connectivity index (χ0) is 18.4. The number of benzene rings is 1. The summed E-state index contributed by atoms with van der Waals surface area (Å²) in [6.07, 6.45) is 4.69. The molecule has 3 aliphatic rings. The fraction of sp³-hybridized carbons (Fsp3) is 0.476. The number of nitrogens with zero attached hydrogens (tertiary/aromatic N) is 4. The van der Waals surface area contributed by atoms with Crippen molar-refractivity contribution >= 4 is 22.7 Å². The van der Waals surface area contributed by atoms with Crippen molar-refractivity contribution in [2.75, 3.05) is 26.2 Å². The Balaban J connectivity index is 1.33. The number of piperidine rings is 1. The number of piperazine rings is 2. The van der Waals surface area contributed by atoms with Gasteiger partial charge in [0.05, 0.1) is 5.52 Å². The van der Waals surface area contributed by atoms with Crippen LogP contribution in [0.15, 0.2) is 36.5 Å². The van der Waals surface area contributed by atoms with Gasteiger partial charge in [0.25, 0.3) is 0 Å². The lowest BCUT2D eigenvalue weighted by molar-refractivity contribution is -0.167. The number of hydrogen-bond donors (Lipinski definition) is 0. The quantitative estimate of drug-likeness (QED) is 0.813. The summed E-state index contributed by atoms with van der Waals surface area (Å²) in [5.74, 6) is 0.304. The van der Waals surface area contributed by atoms with Gasteiger partial charge < -0.3 is 9.80 Å². The Kier molecular flexibility index (Phi) is 4.08. The van der Waals surface area contributed by atoms with Crippen LogP contribution in [0.3, 0.4) is 0 Å². The molecule has 3 aliphatic heterocycles. The van der Waals surface area contributed by atoms with Gasteiger partial charge in [-0.15, -0.1) is 0 Å². The Labute approximate surface area is 158 Å². The lowest BCUT2D eigenvalue weighted by atomic mass is 9.94. The number of fused-ring (bicyclic) bond motifs is 3. The second kappa shape index (κ2) is 6.60. The van der Waals surface area contributed by atoms with E-state index in [4.69, 9.17) is 0 Å². The van der Waals surface area contributed by atoms with E-state index in [0.29, 0.717) is 13.1 Å². The second-order valence-electron chi connectivity index (χ2n) is 7.86. The number of aromatic nitrogens is 1. The number of rotatable bonds is 2. The molecular weight excluding hydrogens is 340 g/mol. The molecule has 2 atom stereocenters. The average Bonchev–Trinajstić information content (AvgIpc) is 2.72. The molecule has 2 aromatic rings. The number of carbonyl (C=O) groups excluding carboxylic acids is 2. The van der Waals surface area contributed by atoms with Crippen molar-refractivity contribution in [2.24, 2.45) is 0 Å². The summed E-state index contributed by atoms with van der Waals surface area (Å²) in [5, 5.41) is 1.13.